The fourth-order valence-electron chi connectivity index (χ4n) is 2.55. The summed E-state index contributed by atoms with van der Waals surface area (Å²) in [4.78, 5) is 18.7. The minimum atomic E-state index is -0.131. The zero-order chi connectivity index (χ0) is 19.1. The molecule has 0 aliphatic rings. The molecule has 0 aliphatic carbocycles. The Kier molecular flexibility index (Phi) is 6.69. The average Bonchev–Trinajstić information content (AvgIpc) is 2.70. The van der Waals surface area contributed by atoms with Gasteiger partial charge in [0.05, 0.1) is 10.0 Å². The number of nitrogens with zero attached hydrogens (tertiary/aromatic N) is 2. The van der Waals surface area contributed by atoms with E-state index in [0.29, 0.717) is 28.9 Å². The SMILES string of the molecule is O=C(COc1ccc(Cl)c(Cl)c1)N(Cc1ccccc1)Cc1cccnc1. The summed E-state index contributed by atoms with van der Waals surface area (Å²) >= 11 is 11.9. The van der Waals surface area contributed by atoms with Crippen LogP contribution < -0.4 is 4.74 Å². The molecule has 0 spiro atoms. The van der Waals surface area contributed by atoms with E-state index in [9.17, 15) is 4.79 Å². The smallest absolute Gasteiger partial charge is 0.261 e. The molecular formula is C21H18Cl2N2O2. The van der Waals surface area contributed by atoms with Gasteiger partial charge in [-0.25, -0.2) is 0 Å². The van der Waals surface area contributed by atoms with Crippen molar-refractivity contribution in [1.29, 1.82) is 0 Å². The third-order valence-electron chi connectivity index (χ3n) is 3.92. The molecule has 0 atom stereocenters. The van der Waals surface area contributed by atoms with Crippen molar-refractivity contribution >= 4 is 29.1 Å². The number of hydrogen-bond acceptors (Lipinski definition) is 3. The molecule has 0 N–H and O–H groups in total. The summed E-state index contributed by atoms with van der Waals surface area (Å²) < 4.78 is 5.61. The lowest BCUT2D eigenvalue weighted by Gasteiger charge is -2.23. The quantitative estimate of drug-likeness (QED) is 0.560. The van der Waals surface area contributed by atoms with Crippen LogP contribution in [0.2, 0.25) is 10.0 Å². The second-order valence-corrected chi connectivity index (χ2v) is 6.78. The molecule has 138 valence electrons. The van der Waals surface area contributed by atoms with Crippen LogP contribution in [-0.4, -0.2) is 22.4 Å². The first-order valence-corrected chi connectivity index (χ1v) is 9.16. The number of pyridine rings is 1. The highest BCUT2D eigenvalue weighted by Crippen LogP contribution is 2.26. The summed E-state index contributed by atoms with van der Waals surface area (Å²) in [5.41, 5.74) is 2.00. The standard InChI is InChI=1S/C21H18Cl2N2O2/c22-19-9-8-18(11-20(19)23)27-15-21(26)25(13-16-5-2-1-3-6-16)14-17-7-4-10-24-12-17/h1-12H,13-15H2. The van der Waals surface area contributed by atoms with Crippen molar-refractivity contribution in [2.45, 2.75) is 13.1 Å². The van der Waals surface area contributed by atoms with Gasteiger partial charge in [-0.15, -0.1) is 0 Å². The van der Waals surface area contributed by atoms with Crippen LogP contribution in [0.4, 0.5) is 0 Å². The molecular weight excluding hydrogens is 383 g/mol. The van der Waals surface area contributed by atoms with Crippen LogP contribution in [0.15, 0.2) is 73.1 Å². The molecule has 0 radical (unpaired) electrons. The van der Waals surface area contributed by atoms with Crippen LogP contribution in [0.1, 0.15) is 11.1 Å². The highest BCUT2D eigenvalue weighted by molar-refractivity contribution is 6.42. The van der Waals surface area contributed by atoms with Crippen LogP contribution in [0.3, 0.4) is 0 Å². The lowest BCUT2D eigenvalue weighted by Crippen LogP contribution is -2.34. The number of rotatable bonds is 7. The molecule has 3 rings (SSSR count). The summed E-state index contributed by atoms with van der Waals surface area (Å²) in [5, 5.41) is 0.829. The topological polar surface area (TPSA) is 42.4 Å². The maximum absolute atomic E-state index is 12.8. The highest BCUT2D eigenvalue weighted by atomic mass is 35.5. The predicted octanol–water partition coefficient (Wildman–Crippen LogP) is 5.00. The third-order valence-corrected chi connectivity index (χ3v) is 4.66. The van der Waals surface area contributed by atoms with Crippen LogP contribution in [0.25, 0.3) is 0 Å². The van der Waals surface area contributed by atoms with Gasteiger partial charge in [0.15, 0.2) is 6.61 Å². The first kappa shape index (κ1) is 19.2. The van der Waals surface area contributed by atoms with Crippen molar-refractivity contribution in [3.8, 4) is 5.75 Å². The molecule has 0 unspecified atom stereocenters. The van der Waals surface area contributed by atoms with Gasteiger partial charge in [0.1, 0.15) is 5.75 Å². The third kappa shape index (κ3) is 5.71. The Labute approximate surface area is 168 Å². The number of aromatic nitrogens is 1. The van der Waals surface area contributed by atoms with E-state index < -0.39 is 0 Å². The van der Waals surface area contributed by atoms with Crippen LogP contribution in [0, 0.1) is 0 Å². The Morgan fingerprint density at radius 3 is 2.37 bits per heavy atom. The van der Waals surface area contributed by atoms with Gasteiger partial charge in [0.2, 0.25) is 0 Å². The Hall–Kier alpha value is -2.56. The Morgan fingerprint density at radius 1 is 0.926 bits per heavy atom. The van der Waals surface area contributed by atoms with E-state index in [0.717, 1.165) is 11.1 Å². The number of carbonyl (C=O) groups is 1. The van der Waals surface area contributed by atoms with Crippen LogP contribution in [-0.2, 0) is 17.9 Å². The second-order valence-electron chi connectivity index (χ2n) is 5.96. The number of carbonyl (C=O) groups excluding carboxylic acids is 1. The molecule has 0 saturated carbocycles. The minimum Gasteiger partial charge on any atom is -0.484 e. The van der Waals surface area contributed by atoms with E-state index >= 15 is 0 Å². The number of halogens is 2. The summed E-state index contributed by atoms with van der Waals surface area (Å²) in [6.07, 6.45) is 3.46. The lowest BCUT2D eigenvalue weighted by molar-refractivity contribution is -0.134. The molecule has 2 aromatic carbocycles. The van der Waals surface area contributed by atoms with Crippen molar-refractivity contribution < 1.29 is 9.53 Å². The number of ether oxygens (including phenoxy) is 1. The molecule has 27 heavy (non-hydrogen) atoms. The van der Waals surface area contributed by atoms with Gasteiger partial charge in [-0.3, -0.25) is 9.78 Å². The molecule has 0 saturated heterocycles. The van der Waals surface area contributed by atoms with E-state index in [4.69, 9.17) is 27.9 Å². The maximum Gasteiger partial charge on any atom is 0.261 e. The summed E-state index contributed by atoms with van der Waals surface area (Å²) in [6, 6.07) is 18.6. The molecule has 0 fully saturated rings. The van der Waals surface area contributed by atoms with Gasteiger partial charge in [-0.1, -0.05) is 59.6 Å². The van der Waals surface area contributed by atoms with E-state index in [1.54, 1.807) is 35.5 Å². The van der Waals surface area contributed by atoms with Gasteiger partial charge in [0.25, 0.3) is 5.91 Å². The molecule has 1 aromatic heterocycles. The molecule has 1 heterocycles. The van der Waals surface area contributed by atoms with Crippen molar-refractivity contribution in [3.63, 3.8) is 0 Å². The Morgan fingerprint density at radius 2 is 1.67 bits per heavy atom. The fraction of sp³-hybridized carbons (Fsp3) is 0.143. The van der Waals surface area contributed by atoms with Crippen molar-refractivity contribution in [2.24, 2.45) is 0 Å². The fourth-order valence-corrected chi connectivity index (χ4v) is 2.84. The van der Waals surface area contributed by atoms with Gasteiger partial charge in [0, 0.05) is 31.5 Å². The van der Waals surface area contributed by atoms with Gasteiger partial charge < -0.3 is 9.64 Å². The first-order chi connectivity index (χ1) is 13.1. The maximum atomic E-state index is 12.8. The van der Waals surface area contributed by atoms with Crippen molar-refractivity contribution in [3.05, 3.63) is 94.2 Å². The van der Waals surface area contributed by atoms with E-state index in [1.165, 1.54) is 0 Å². The van der Waals surface area contributed by atoms with E-state index in [-0.39, 0.29) is 12.5 Å². The Balaban J connectivity index is 1.70. The minimum absolute atomic E-state index is 0.0922. The van der Waals surface area contributed by atoms with E-state index in [2.05, 4.69) is 4.98 Å². The monoisotopic (exact) mass is 400 g/mol. The molecule has 6 heteroatoms. The normalized spacial score (nSPS) is 10.4. The van der Waals surface area contributed by atoms with Crippen molar-refractivity contribution in [1.82, 2.24) is 9.88 Å². The van der Waals surface area contributed by atoms with Crippen LogP contribution in [0.5, 0.6) is 5.75 Å². The number of hydrogen-bond donors (Lipinski definition) is 0. The van der Waals surface area contributed by atoms with Gasteiger partial charge >= 0.3 is 0 Å². The molecule has 4 nitrogen and oxygen atoms in total. The van der Waals surface area contributed by atoms with Gasteiger partial charge in [-0.2, -0.15) is 0 Å². The summed E-state index contributed by atoms with van der Waals surface area (Å²) in [6.45, 7) is 0.844. The summed E-state index contributed by atoms with van der Waals surface area (Å²) in [7, 11) is 0. The number of benzene rings is 2. The highest BCUT2D eigenvalue weighted by Gasteiger charge is 2.16. The zero-order valence-corrected chi connectivity index (χ0v) is 16.0. The molecule has 0 aliphatic heterocycles. The summed E-state index contributed by atoms with van der Waals surface area (Å²) in [5.74, 6) is 0.368. The number of amides is 1. The first-order valence-electron chi connectivity index (χ1n) is 8.40. The second kappa shape index (κ2) is 9.40. The lowest BCUT2D eigenvalue weighted by atomic mass is 10.2. The molecule has 3 aromatic rings. The average molecular weight is 401 g/mol. The zero-order valence-electron chi connectivity index (χ0n) is 14.5. The Bertz CT molecular complexity index is 848. The predicted molar refractivity (Wildman–Crippen MR) is 107 cm³/mol. The van der Waals surface area contributed by atoms with Crippen molar-refractivity contribution in [2.75, 3.05) is 6.61 Å². The molecule has 1 amide bonds. The largest absolute Gasteiger partial charge is 0.484 e. The molecule has 0 bridgehead atoms. The van der Waals surface area contributed by atoms with E-state index in [1.807, 2.05) is 42.5 Å². The van der Waals surface area contributed by atoms with Crippen LogP contribution >= 0.6 is 23.2 Å². The van der Waals surface area contributed by atoms with Gasteiger partial charge in [-0.05, 0) is 29.3 Å².